The van der Waals surface area contributed by atoms with Crippen LogP contribution in [-0.2, 0) is 12.7 Å². The van der Waals surface area contributed by atoms with Crippen LogP contribution in [0.3, 0.4) is 0 Å². The maximum Gasteiger partial charge on any atom is 0.435 e. The quantitative estimate of drug-likeness (QED) is 0.485. The van der Waals surface area contributed by atoms with Crippen molar-refractivity contribution in [1.29, 1.82) is 0 Å². The Labute approximate surface area is 176 Å². The van der Waals surface area contributed by atoms with E-state index in [0.717, 1.165) is 17.7 Å². The van der Waals surface area contributed by atoms with Crippen molar-refractivity contribution in [1.82, 2.24) is 15.1 Å². The number of hydrogen-bond acceptors (Lipinski definition) is 3. The van der Waals surface area contributed by atoms with Gasteiger partial charge in [-0.2, -0.15) is 13.2 Å². The molecule has 2 heterocycles. The largest absolute Gasteiger partial charge is 0.435 e. The van der Waals surface area contributed by atoms with E-state index in [1.54, 1.807) is 19.1 Å². The first-order chi connectivity index (χ1) is 14.6. The molecule has 0 N–H and O–H groups in total. The molecule has 31 heavy (non-hydrogen) atoms. The molecule has 0 radical (unpaired) electrons. The Morgan fingerprint density at radius 3 is 2.35 bits per heavy atom. The van der Waals surface area contributed by atoms with Gasteiger partial charge in [0.2, 0.25) is 0 Å². The summed E-state index contributed by atoms with van der Waals surface area (Å²) >= 11 is 0. The fourth-order valence-electron chi connectivity index (χ4n) is 4.04. The molecule has 0 amide bonds. The molecular weight excluding hydrogens is 413 g/mol. The Hall–Kier alpha value is -2.87. The zero-order valence-corrected chi connectivity index (χ0v) is 17.0. The van der Waals surface area contributed by atoms with Crippen LogP contribution in [0.2, 0.25) is 0 Å². The Morgan fingerprint density at radius 2 is 1.71 bits per heavy atom. The summed E-state index contributed by atoms with van der Waals surface area (Å²) in [4.78, 5) is 1.94. The van der Waals surface area contributed by atoms with Crippen LogP contribution in [0.15, 0.2) is 42.5 Å². The van der Waals surface area contributed by atoms with E-state index in [4.69, 9.17) is 0 Å². The number of halogens is 5. The molecule has 0 saturated carbocycles. The number of alkyl halides is 3. The Morgan fingerprint density at radius 1 is 0.968 bits per heavy atom. The summed E-state index contributed by atoms with van der Waals surface area (Å²) in [6, 6.07) is 10.1. The monoisotopic (exact) mass is 433 g/mol. The first-order valence-electron chi connectivity index (χ1n) is 9.82. The number of rotatable bonds is 2. The minimum atomic E-state index is -4.62. The Bertz CT molecular complexity index is 1110. The van der Waals surface area contributed by atoms with Gasteiger partial charge in [0.1, 0.15) is 11.6 Å². The highest BCUT2D eigenvalue weighted by molar-refractivity contribution is 5.63. The molecule has 1 aromatic heterocycles. The number of benzene rings is 2. The van der Waals surface area contributed by atoms with Crippen molar-refractivity contribution < 1.29 is 22.0 Å². The summed E-state index contributed by atoms with van der Waals surface area (Å²) in [5.74, 6) is -1.24. The lowest BCUT2D eigenvalue weighted by molar-refractivity contribution is -0.141. The van der Waals surface area contributed by atoms with Gasteiger partial charge in [-0.3, -0.25) is 0 Å². The lowest BCUT2D eigenvalue weighted by atomic mass is 9.85. The average Bonchev–Trinajstić information content (AvgIpc) is 2.87. The summed E-state index contributed by atoms with van der Waals surface area (Å²) < 4.78 is 68.6. The van der Waals surface area contributed by atoms with Crippen LogP contribution >= 0.6 is 0 Å². The molecule has 0 bridgehead atoms. The highest BCUT2D eigenvalue weighted by Gasteiger charge is 2.33. The van der Waals surface area contributed by atoms with E-state index < -0.39 is 17.7 Å². The van der Waals surface area contributed by atoms with Crippen LogP contribution in [0.5, 0.6) is 0 Å². The van der Waals surface area contributed by atoms with Crippen LogP contribution in [0.4, 0.5) is 22.0 Å². The maximum absolute atomic E-state index is 15.6. The molecule has 1 aliphatic rings. The molecule has 4 rings (SSSR count). The van der Waals surface area contributed by atoms with Crippen LogP contribution < -0.4 is 0 Å². The van der Waals surface area contributed by atoms with Crippen molar-refractivity contribution in [2.75, 3.05) is 13.6 Å². The van der Waals surface area contributed by atoms with Crippen molar-refractivity contribution in [2.24, 2.45) is 0 Å². The molecule has 3 aromatic rings. The minimum absolute atomic E-state index is 0.0123. The molecule has 162 valence electrons. The second-order valence-corrected chi connectivity index (χ2v) is 7.90. The topological polar surface area (TPSA) is 29.0 Å². The van der Waals surface area contributed by atoms with Gasteiger partial charge in [0.25, 0.3) is 0 Å². The van der Waals surface area contributed by atoms with E-state index in [-0.39, 0.29) is 23.0 Å². The van der Waals surface area contributed by atoms with Gasteiger partial charge in [0.05, 0.1) is 5.69 Å². The summed E-state index contributed by atoms with van der Waals surface area (Å²) in [5.41, 5.74) is 1.31. The molecule has 8 heteroatoms. The van der Waals surface area contributed by atoms with Crippen LogP contribution in [0, 0.1) is 18.6 Å². The normalized spacial score (nSPS) is 17.3. The number of aryl methyl sites for hydroxylation is 1. The number of aromatic nitrogens is 2. The minimum Gasteiger partial charge on any atom is -0.302 e. The molecular formula is C23H20F5N3. The number of hydrogen-bond donors (Lipinski definition) is 0. The van der Waals surface area contributed by atoms with Crippen molar-refractivity contribution >= 4 is 0 Å². The summed E-state index contributed by atoms with van der Waals surface area (Å²) in [5, 5.41) is 6.78. The smallest absolute Gasteiger partial charge is 0.302 e. The van der Waals surface area contributed by atoms with E-state index in [0.29, 0.717) is 36.2 Å². The van der Waals surface area contributed by atoms with E-state index in [2.05, 4.69) is 10.2 Å². The molecule has 1 aliphatic heterocycles. The van der Waals surface area contributed by atoms with Gasteiger partial charge >= 0.3 is 6.18 Å². The second kappa shape index (κ2) is 8.00. The second-order valence-electron chi connectivity index (χ2n) is 7.90. The third-order valence-corrected chi connectivity index (χ3v) is 5.64. The maximum atomic E-state index is 15.6. The Kier molecular flexibility index (Phi) is 5.51. The first kappa shape index (κ1) is 21.4. The highest BCUT2D eigenvalue weighted by atomic mass is 19.4. The van der Waals surface area contributed by atoms with E-state index in [1.807, 2.05) is 18.0 Å². The molecule has 0 fully saturated rings. The standard InChI is InChI=1S/C23H20F5N3/c1-13-3-4-16(19(24)11-13)15-9-10-31(2)12-18-14(15)5-6-17(22(18)25)20-7-8-21(30-29-20)23(26,27)28/h3-8,11,15H,9-10,12H2,1-2H3. The van der Waals surface area contributed by atoms with Gasteiger partial charge in [-0.25, -0.2) is 8.78 Å². The fourth-order valence-corrected chi connectivity index (χ4v) is 4.04. The zero-order valence-electron chi connectivity index (χ0n) is 17.0. The third-order valence-electron chi connectivity index (χ3n) is 5.64. The zero-order chi connectivity index (χ0) is 22.3. The van der Waals surface area contributed by atoms with Crippen molar-refractivity contribution in [3.05, 3.63) is 82.0 Å². The molecule has 2 aromatic carbocycles. The lowest BCUT2D eigenvalue weighted by Gasteiger charge is -2.20. The SMILES string of the molecule is Cc1ccc(C2CCN(C)Cc3c2ccc(-c2ccc(C(F)(F)F)nn2)c3F)c(F)c1. The van der Waals surface area contributed by atoms with E-state index in [9.17, 15) is 17.6 Å². The van der Waals surface area contributed by atoms with E-state index in [1.165, 1.54) is 12.1 Å². The van der Waals surface area contributed by atoms with Gasteiger partial charge in [-0.1, -0.05) is 18.2 Å². The van der Waals surface area contributed by atoms with Crippen molar-refractivity contribution in [3.63, 3.8) is 0 Å². The molecule has 0 saturated heterocycles. The molecule has 3 nitrogen and oxygen atoms in total. The summed E-state index contributed by atoms with van der Waals surface area (Å²) in [7, 11) is 1.85. The van der Waals surface area contributed by atoms with Crippen LogP contribution in [0.25, 0.3) is 11.3 Å². The predicted molar refractivity (Wildman–Crippen MR) is 106 cm³/mol. The summed E-state index contributed by atoms with van der Waals surface area (Å²) in [6.45, 7) is 2.74. The lowest BCUT2D eigenvalue weighted by Crippen LogP contribution is -2.18. The van der Waals surface area contributed by atoms with E-state index >= 15 is 4.39 Å². The van der Waals surface area contributed by atoms with Gasteiger partial charge in [0.15, 0.2) is 5.69 Å². The van der Waals surface area contributed by atoms with Gasteiger partial charge in [-0.05, 0) is 67.9 Å². The van der Waals surface area contributed by atoms with Gasteiger partial charge in [0, 0.05) is 23.6 Å². The summed E-state index contributed by atoms with van der Waals surface area (Å²) in [6.07, 6.45) is -4.01. The Balaban J connectivity index is 1.80. The predicted octanol–water partition coefficient (Wildman–Crippen LogP) is 5.72. The molecule has 1 unspecified atom stereocenters. The van der Waals surface area contributed by atoms with Gasteiger partial charge in [-0.15, -0.1) is 10.2 Å². The first-order valence-corrected chi connectivity index (χ1v) is 9.82. The number of nitrogens with zero attached hydrogens (tertiary/aromatic N) is 3. The third kappa shape index (κ3) is 4.17. The highest BCUT2D eigenvalue weighted by Crippen LogP contribution is 2.39. The van der Waals surface area contributed by atoms with Crippen molar-refractivity contribution in [3.8, 4) is 11.3 Å². The average molecular weight is 433 g/mol. The molecule has 0 aliphatic carbocycles. The molecule has 1 atom stereocenters. The fraction of sp³-hybridized carbons (Fsp3) is 0.304. The van der Waals surface area contributed by atoms with Crippen LogP contribution in [0.1, 0.15) is 40.3 Å². The molecule has 0 spiro atoms. The van der Waals surface area contributed by atoms with Gasteiger partial charge < -0.3 is 4.90 Å². The van der Waals surface area contributed by atoms with Crippen LogP contribution in [-0.4, -0.2) is 28.7 Å². The number of fused-ring (bicyclic) bond motifs is 1. The van der Waals surface area contributed by atoms with Crippen molar-refractivity contribution in [2.45, 2.75) is 32.0 Å².